The largest absolute Gasteiger partial charge is 0.477 e. The lowest BCUT2D eigenvalue weighted by Crippen LogP contribution is -2.46. The van der Waals surface area contributed by atoms with Gasteiger partial charge in [-0.15, -0.1) is 0 Å². The molecular weight excluding hydrogens is 361 g/mol. The zero-order chi connectivity index (χ0) is 20.2. The third-order valence-electron chi connectivity index (χ3n) is 6.15. The summed E-state index contributed by atoms with van der Waals surface area (Å²) in [6.07, 6.45) is 4.65. The Morgan fingerprint density at radius 1 is 1.36 bits per heavy atom. The van der Waals surface area contributed by atoms with E-state index < -0.39 is 17.2 Å². The number of nitrogens with zero attached hydrogens (tertiary/aromatic N) is 2. The molecule has 1 aromatic carbocycles. The van der Waals surface area contributed by atoms with Crippen molar-refractivity contribution in [3.05, 3.63) is 39.4 Å². The van der Waals surface area contributed by atoms with Crippen LogP contribution in [0.4, 0.5) is 10.1 Å². The molecule has 1 aliphatic carbocycles. The molecule has 4 rings (SSSR count). The van der Waals surface area contributed by atoms with E-state index >= 15 is 4.39 Å². The van der Waals surface area contributed by atoms with Crippen LogP contribution in [0.2, 0.25) is 0 Å². The highest BCUT2D eigenvalue weighted by molar-refractivity contribution is 5.95. The number of carbonyl (C=O) groups is 1. The lowest BCUT2D eigenvalue weighted by molar-refractivity contribution is 0.0695. The second kappa shape index (κ2) is 6.88. The lowest BCUT2D eigenvalue weighted by atomic mass is 9.93. The Kier molecular flexibility index (Phi) is 4.65. The standard InChI is InChI=1S/C21H26FN3O3/c1-3-13-18-14(20(26)15(21(27)28)10-25(18)12-4-5-12)8-16(22)19(13)24-7-6-17(23)11(2)9-24/h8,10-12,17H,3-7,9,23H2,1-2H3,(H,27,28)/t11-,17-/m0/s1. The quantitative estimate of drug-likeness (QED) is 0.842. The van der Waals surface area contributed by atoms with Crippen molar-refractivity contribution in [1.29, 1.82) is 0 Å². The van der Waals surface area contributed by atoms with Crippen LogP contribution in [-0.2, 0) is 6.42 Å². The predicted octanol–water partition coefficient (Wildman–Crippen LogP) is 2.91. The van der Waals surface area contributed by atoms with Crippen molar-refractivity contribution < 1.29 is 14.3 Å². The number of hydrogen-bond acceptors (Lipinski definition) is 4. The highest BCUT2D eigenvalue weighted by Gasteiger charge is 2.32. The summed E-state index contributed by atoms with van der Waals surface area (Å²) in [7, 11) is 0. The van der Waals surface area contributed by atoms with Gasteiger partial charge in [0.2, 0.25) is 5.43 Å². The van der Waals surface area contributed by atoms with Crippen molar-refractivity contribution in [1.82, 2.24) is 4.57 Å². The number of aromatic nitrogens is 1. The van der Waals surface area contributed by atoms with E-state index in [9.17, 15) is 14.7 Å². The highest BCUT2D eigenvalue weighted by Crippen LogP contribution is 2.41. The molecular formula is C21H26FN3O3. The molecule has 150 valence electrons. The molecule has 2 aromatic rings. The van der Waals surface area contributed by atoms with Crippen LogP contribution in [0.3, 0.4) is 0 Å². The van der Waals surface area contributed by atoms with Crippen molar-refractivity contribution in [2.75, 3.05) is 18.0 Å². The van der Waals surface area contributed by atoms with Gasteiger partial charge in [0.1, 0.15) is 11.4 Å². The van der Waals surface area contributed by atoms with Gasteiger partial charge in [0.15, 0.2) is 0 Å². The first kappa shape index (κ1) is 18.9. The first-order valence-electron chi connectivity index (χ1n) is 9.97. The van der Waals surface area contributed by atoms with Gasteiger partial charge < -0.3 is 20.3 Å². The third-order valence-corrected chi connectivity index (χ3v) is 6.15. The van der Waals surface area contributed by atoms with E-state index in [2.05, 4.69) is 6.92 Å². The van der Waals surface area contributed by atoms with Gasteiger partial charge in [-0.25, -0.2) is 9.18 Å². The minimum absolute atomic E-state index is 0.104. The summed E-state index contributed by atoms with van der Waals surface area (Å²) in [4.78, 5) is 26.4. The van der Waals surface area contributed by atoms with E-state index in [0.717, 1.165) is 24.8 Å². The average Bonchev–Trinajstić information content (AvgIpc) is 3.48. The van der Waals surface area contributed by atoms with E-state index in [1.807, 2.05) is 16.4 Å². The van der Waals surface area contributed by atoms with Gasteiger partial charge in [-0.3, -0.25) is 4.79 Å². The molecule has 2 fully saturated rings. The van der Waals surface area contributed by atoms with Gasteiger partial charge in [-0.05, 0) is 37.7 Å². The second-order valence-corrected chi connectivity index (χ2v) is 8.13. The number of aryl methyl sites for hydroxylation is 1. The van der Waals surface area contributed by atoms with Gasteiger partial charge in [-0.1, -0.05) is 13.8 Å². The van der Waals surface area contributed by atoms with E-state index in [1.165, 1.54) is 12.3 Å². The predicted molar refractivity (Wildman–Crippen MR) is 107 cm³/mol. The molecule has 3 N–H and O–H groups in total. The zero-order valence-corrected chi connectivity index (χ0v) is 16.2. The molecule has 0 bridgehead atoms. The number of carboxylic acids is 1. The van der Waals surface area contributed by atoms with Gasteiger partial charge >= 0.3 is 5.97 Å². The van der Waals surface area contributed by atoms with Crippen molar-refractivity contribution in [3.63, 3.8) is 0 Å². The summed E-state index contributed by atoms with van der Waals surface area (Å²) < 4.78 is 17.2. The van der Waals surface area contributed by atoms with Crippen molar-refractivity contribution in [2.24, 2.45) is 11.7 Å². The highest BCUT2D eigenvalue weighted by atomic mass is 19.1. The first-order chi connectivity index (χ1) is 13.3. The Morgan fingerprint density at radius 3 is 2.64 bits per heavy atom. The monoisotopic (exact) mass is 387 g/mol. The molecule has 0 spiro atoms. The topological polar surface area (TPSA) is 88.6 Å². The molecule has 2 heterocycles. The van der Waals surface area contributed by atoms with E-state index in [1.54, 1.807) is 0 Å². The molecule has 1 saturated heterocycles. The number of fused-ring (bicyclic) bond motifs is 1. The Balaban J connectivity index is 1.99. The number of rotatable bonds is 4. The minimum atomic E-state index is -1.28. The Hall–Kier alpha value is -2.41. The van der Waals surface area contributed by atoms with Crippen LogP contribution < -0.4 is 16.1 Å². The molecule has 7 heteroatoms. The number of aromatic carboxylic acids is 1. The molecule has 0 amide bonds. The fraction of sp³-hybridized carbons (Fsp3) is 0.524. The maximum absolute atomic E-state index is 15.3. The number of carboxylic acid groups (broad SMARTS) is 1. The van der Waals surface area contributed by atoms with Gasteiger partial charge in [0.05, 0.1) is 11.2 Å². The summed E-state index contributed by atoms with van der Waals surface area (Å²) in [5.74, 6) is -1.50. The molecule has 1 aliphatic heterocycles. The first-order valence-corrected chi connectivity index (χ1v) is 9.97. The van der Waals surface area contributed by atoms with E-state index in [4.69, 9.17) is 5.73 Å². The van der Waals surface area contributed by atoms with Crippen LogP contribution >= 0.6 is 0 Å². The molecule has 2 aliphatic rings. The summed E-state index contributed by atoms with van der Waals surface area (Å²) in [6, 6.07) is 1.50. The average molecular weight is 387 g/mol. The van der Waals surface area contributed by atoms with E-state index in [0.29, 0.717) is 30.7 Å². The fourth-order valence-corrected chi connectivity index (χ4v) is 4.39. The molecule has 0 unspecified atom stereocenters. The Labute approximate surface area is 162 Å². The molecule has 28 heavy (non-hydrogen) atoms. The molecule has 1 saturated carbocycles. The van der Waals surface area contributed by atoms with Crippen molar-refractivity contribution in [2.45, 2.75) is 51.6 Å². The lowest BCUT2D eigenvalue weighted by Gasteiger charge is -2.38. The van der Waals surface area contributed by atoms with Crippen LogP contribution in [0.5, 0.6) is 0 Å². The van der Waals surface area contributed by atoms with Gasteiger partial charge in [0, 0.05) is 42.3 Å². The van der Waals surface area contributed by atoms with Crippen molar-refractivity contribution in [3.8, 4) is 0 Å². The number of benzene rings is 1. The third kappa shape index (κ3) is 2.98. The summed E-state index contributed by atoms with van der Waals surface area (Å²) in [5.41, 5.74) is 7.21. The number of pyridine rings is 1. The fourth-order valence-electron chi connectivity index (χ4n) is 4.39. The molecule has 2 atom stereocenters. The van der Waals surface area contributed by atoms with Gasteiger partial charge in [-0.2, -0.15) is 0 Å². The Bertz CT molecular complexity index is 1010. The summed E-state index contributed by atoms with van der Waals surface area (Å²) >= 11 is 0. The number of halogens is 1. The number of hydrogen-bond donors (Lipinski definition) is 2. The SMILES string of the molecule is CCc1c(N2CC[C@H](N)[C@@H](C)C2)c(F)cc2c(=O)c(C(=O)O)cn(C3CC3)c12. The van der Waals surface area contributed by atoms with Crippen molar-refractivity contribution >= 4 is 22.6 Å². The maximum atomic E-state index is 15.3. The zero-order valence-electron chi connectivity index (χ0n) is 16.2. The van der Waals surface area contributed by atoms with Crippen LogP contribution in [0.15, 0.2) is 17.1 Å². The molecule has 0 radical (unpaired) electrons. The molecule has 1 aromatic heterocycles. The van der Waals surface area contributed by atoms with E-state index in [-0.39, 0.29) is 29.0 Å². The summed E-state index contributed by atoms with van der Waals surface area (Å²) in [5, 5.41) is 9.59. The second-order valence-electron chi connectivity index (χ2n) is 8.13. The van der Waals surface area contributed by atoms with Crippen LogP contribution in [0.1, 0.15) is 55.1 Å². The van der Waals surface area contributed by atoms with Crippen LogP contribution in [0.25, 0.3) is 10.9 Å². The maximum Gasteiger partial charge on any atom is 0.341 e. The Morgan fingerprint density at radius 2 is 2.07 bits per heavy atom. The van der Waals surface area contributed by atoms with Crippen LogP contribution in [-0.4, -0.2) is 34.8 Å². The van der Waals surface area contributed by atoms with Crippen LogP contribution in [0, 0.1) is 11.7 Å². The summed E-state index contributed by atoms with van der Waals surface area (Å²) in [6.45, 7) is 5.35. The number of anilines is 1. The normalized spacial score (nSPS) is 22.6. The number of piperidine rings is 1. The minimum Gasteiger partial charge on any atom is -0.477 e. The number of nitrogens with two attached hydrogens (primary N) is 1. The smallest absolute Gasteiger partial charge is 0.341 e. The van der Waals surface area contributed by atoms with Gasteiger partial charge in [0.25, 0.3) is 0 Å². The molecule has 6 nitrogen and oxygen atoms in total.